The highest BCUT2D eigenvalue weighted by molar-refractivity contribution is 5.97. The van der Waals surface area contributed by atoms with Crippen molar-refractivity contribution in [1.29, 1.82) is 0 Å². The number of hydrogen-bond acceptors (Lipinski definition) is 4. The van der Waals surface area contributed by atoms with E-state index in [-0.39, 0.29) is 17.5 Å². The predicted octanol–water partition coefficient (Wildman–Crippen LogP) is 1.67. The average molecular weight is 346 g/mol. The number of benzene rings is 1. The first-order valence-electron chi connectivity index (χ1n) is 8.83. The summed E-state index contributed by atoms with van der Waals surface area (Å²) in [5, 5.41) is 5.18. The number of nitrogens with two attached hydrogens (primary N) is 1. The molecule has 3 amide bonds. The molecule has 25 heavy (non-hydrogen) atoms. The second kappa shape index (κ2) is 7.97. The van der Waals surface area contributed by atoms with Crippen LogP contribution in [-0.4, -0.2) is 48.1 Å². The lowest BCUT2D eigenvalue weighted by Gasteiger charge is -2.25. The molecule has 3 atom stereocenters. The summed E-state index contributed by atoms with van der Waals surface area (Å²) in [5.74, 6) is 0.331. The number of likely N-dealkylation sites (tertiary alicyclic amines) is 1. The Labute approximate surface area is 150 Å². The normalized spacial score (nSPS) is 22.4. The van der Waals surface area contributed by atoms with Crippen LogP contribution in [0.3, 0.4) is 0 Å². The maximum absolute atomic E-state index is 12.4. The molecule has 0 radical (unpaired) electrons. The Bertz CT molecular complexity index is 597. The topological polar surface area (TPSA) is 87.5 Å². The van der Waals surface area contributed by atoms with Crippen molar-refractivity contribution in [3.8, 4) is 0 Å². The van der Waals surface area contributed by atoms with Crippen LogP contribution in [0.5, 0.6) is 0 Å². The van der Waals surface area contributed by atoms with Gasteiger partial charge in [-0.3, -0.25) is 15.0 Å². The molecule has 6 heteroatoms. The number of carbonyl (C=O) groups excluding carboxylic acids is 2. The van der Waals surface area contributed by atoms with Crippen LogP contribution in [0.2, 0.25) is 0 Å². The summed E-state index contributed by atoms with van der Waals surface area (Å²) < 4.78 is 0. The van der Waals surface area contributed by atoms with E-state index in [1.165, 1.54) is 5.56 Å². The number of amides is 3. The van der Waals surface area contributed by atoms with E-state index in [1.807, 2.05) is 45.9 Å². The number of urea groups is 1. The molecule has 4 N–H and O–H groups in total. The lowest BCUT2D eigenvalue weighted by Crippen LogP contribution is -2.52. The minimum absolute atomic E-state index is 0.286. The van der Waals surface area contributed by atoms with Gasteiger partial charge in [0.05, 0.1) is 6.04 Å². The maximum atomic E-state index is 12.4. The summed E-state index contributed by atoms with van der Waals surface area (Å²) in [4.78, 5) is 26.4. The molecule has 1 aromatic rings. The van der Waals surface area contributed by atoms with Crippen LogP contribution in [0.15, 0.2) is 30.3 Å². The molecule has 2 rings (SSSR count). The van der Waals surface area contributed by atoms with E-state index in [1.54, 1.807) is 0 Å². The molecule has 0 spiro atoms. The number of nitrogens with zero attached hydrogens (tertiary/aromatic N) is 1. The van der Waals surface area contributed by atoms with Crippen molar-refractivity contribution in [3.63, 3.8) is 0 Å². The Hall–Kier alpha value is -1.92. The van der Waals surface area contributed by atoms with Crippen molar-refractivity contribution in [2.75, 3.05) is 19.6 Å². The van der Waals surface area contributed by atoms with Gasteiger partial charge in [-0.1, -0.05) is 30.3 Å². The average Bonchev–Trinajstić information content (AvgIpc) is 2.97. The molecule has 0 saturated carbocycles. The number of hydrogen-bond donors (Lipinski definition) is 3. The number of carbonyl (C=O) groups is 2. The molecule has 138 valence electrons. The molecule has 1 aliphatic rings. The molecule has 6 nitrogen and oxygen atoms in total. The Balaban J connectivity index is 1.99. The van der Waals surface area contributed by atoms with Crippen LogP contribution >= 0.6 is 0 Å². The van der Waals surface area contributed by atoms with Crippen LogP contribution in [0.1, 0.15) is 39.2 Å². The minimum Gasteiger partial charge on any atom is -0.333 e. The molecule has 1 aliphatic heterocycles. The second-order valence-corrected chi connectivity index (χ2v) is 7.84. The van der Waals surface area contributed by atoms with Crippen LogP contribution in [-0.2, 0) is 4.79 Å². The summed E-state index contributed by atoms with van der Waals surface area (Å²) in [7, 11) is 0. The molecule has 1 unspecified atom stereocenters. The van der Waals surface area contributed by atoms with Crippen LogP contribution in [0.4, 0.5) is 4.79 Å². The van der Waals surface area contributed by atoms with Crippen molar-refractivity contribution in [3.05, 3.63) is 35.9 Å². The van der Waals surface area contributed by atoms with E-state index in [4.69, 9.17) is 5.73 Å². The molecule has 1 fully saturated rings. The Morgan fingerprint density at radius 3 is 2.44 bits per heavy atom. The molecule has 0 bridgehead atoms. The zero-order valence-corrected chi connectivity index (χ0v) is 15.6. The van der Waals surface area contributed by atoms with Crippen molar-refractivity contribution in [1.82, 2.24) is 15.5 Å². The fourth-order valence-corrected chi connectivity index (χ4v) is 3.29. The second-order valence-electron chi connectivity index (χ2n) is 7.84. The van der Waals surface area contributed by atoms with E-state index in [0.29, 0.717) is 18.4 Å². The van der Waals surface area contributed by atoms with Gasteiger partial charge in [-0.15, -0.1) is 0 Å². The van der Waals surface area contributed by atoms with Gasteiger partial charge in [0.25, 0.3) is 0 Å². The van der Waals surface area contributed by atoms with Crippen LogP contribution in [0, 0.1) is 5.92 Å². The zero-order valence-electron chi connectivity index (χ0n) is 15.6. The highest BCUT2D eigenvalue weighted by Crippen LogP contribution is 2.33. The van der Waals surface area contributed by atoms with Crippen molar-refractivity contribution in [2.45, 2.75) is 45.2 Å². The fourth-order valence-electron chi connectivity index (χ4n) is 3.29. The number of imide groups is 1. The Morgan fingerprint density at radius 2 is 1.88 bits per heavy atom. The highest BCUT2D eigenvalue weighted by Gasteiger charge is 2.37. The summed E-state index contributed by atoms with van der Waals surface area (Å²) in [6, 6.07) is 9.43. The standard InChI is InChI=1S/C19H30N4O2/c1-13(17(24)21-18(25)22-19(2,3)4)23-11-15(10-20)16(12-23)14-8-6-5-7-9-14/h5-9,13,15-16H,10-12,20H2,1-4H3,(H2,21,22,24,25)/t13?,15-,16+/m1/s1. The predicted molar refractivity (Wildman–Crippen MR) is 99.2 cm³/mol. The third-order valence-corrected chi connectivity index (χ3v) is 4.65. The largest absolute Gasteiger partial charge is 0.333 e. The molecule has 0 aliphatic carbocycles. The quantitative estimate of drug-likeness (QED) is 0.774. The van der Waals surface area contributed by atoms with E-state index in [2.05, 4.69) is 27.7 Å². The monoisotopic (exact) mass is 346 g/mol. The van der Waals surface area contributed by atoms with E-state index >= 15 is 0 Å². The molecule has 1 aromatic carbocycles. The third kappa shape index (κ3) is 5.28. The van der Waals surface area contributed by atoms with Crippen LogP contribution < -0.4 is 16.4 Å². The van der Waals surface area contributed by atoms with Gasteiger partial charge in [0.1, 0.15) is 0 Å². The van der Waals surface area contributed by atoms with Gasteiger partial charge in [0, 0.05) is 24.5 Å². The molecule has 1 saturated heterocycles. The first-order valence-corrected chi connectivity index (χ1v) is 8.83. The number of nitrogens with one attached hydrogen (secondary N) is 2. The van der Waals surface area contributed by atoms with Gasteiger partial charge in [0.2, 0.25) is 5.91 Å². The smallest absolute Gasteiger partial charge is 0.321 e. The van der Waals surface area contributed by atoms with Gasteiger partial charge >= 0.3 is 6.03 Å². The zero-order chi connectivity index (χ0) is 18.6. The highest BCUT2D eigenvalue weighted by atomic mass is 16.2. The van der Waals surface area contributed by atoms with E-state index in [0.717, 1.165) is 13.1 Å². The number of rotatable bonds is 4. The maximum Gasteiger partial charge on any atom is 0.321 e. The van der Waals surface area contributed by atoms with Crippen molar-refractivity contribution in [2.24, 2.45) is 11.7 Å². The van der Waals surface area contributed by atoms with Crippen LogP contribution in [0.25, 0.3) is 0 Å². The molecule has 1 heterocycles. The SMILES string of the molecule is CC(C(=O)NC(=O)NC(C)(C)C)N1C[C@@H](CN)[C@H](c2ccccc2)C1. The first kappa shape index (κ1) is 19.4. The van der Waals surface area contributed by atoms with Gasteiger partial charge in [0.15, 0.2) is 0 Å². The van der Waals surface area contributed by atoms with Gasteiger partial charge in [-0.25, -0.2) is 4.79 Å². The molecular formula is C19H30N4O2. The summed E-state index contributed by atoms with van der Waals surface area (Å²) in [6.45, 7) is 9.55. The first-order chi connectivity index (χ1) is 11.7. The van der Waals surface area contributed by atoms with E-state index < -0.39 is 6.03 Å². The van der Waals surface area contributed by atoms with Crippen molar-refractivity contribution < 1.29 is 9.59 Å². The van der Waals surface area contributed by atoms with E-state index in [9.17, 15) is 9.59 Å². The lowest BCUT2D eigenvalue weighted by molar-refractivity contribution is -0.124. The molecule has 0 aromatic heterocycles. The lowest BCUT2D eigenvalue weighted by atomic mass is 9.89. The Kier molecular flexibility index (Phi) is 6.19. The summed E-state index contributed by atoms with van der Waals surface area (Å²) >= 11 is 0. The van der Waals surface area contributed by atoms with Gasteiger partial charge < -0.3 is 11.1 Å². The molecular weight excluding hydrogens is 316 g/mol. The van der Waals surface area contributed by atoms with Gasteiger partial charge in [-0.2, -0.15) is 0 Å². The fraction of sp³-hybridized carbons (Fsp3) is 0.579. The van der Waals surface area contributed by atoms with Crippen molar-refractivity contribution >= 4 is 11.9 Å². The minimum atomic E-state index is -0.460. The third-order valence-electron chi connectivity index (χ3n) is 4.65. The van der Waals surface area contributed by atoms with Gasteiger partial charge in [-0.05, 0) is 45.7 Å². The summed E-state index contributed by atoms with van der Waals surface area (Å²) in [5.41, 5.74) is 6.82. The summed E-state index contributed by atoms with van der Waals surface area (Å²) in [6.07, 6.45) is 0. The Morgan fingerprint density at radius 1 is 1.24 bits per heavy atom.